The van der Waals surface area contributed by atoms with Gasteiger partial charge in [-0.05, 0) is 31.1 Å². The minimum atomic E-state index is -0.887. The Morgan fingerprint density at radius 1 is 1.29 bits per heavy atom. The van der Waals surface area contributed by atoms with Crippen LogP contribution in [0.4, 0.5) is 4.39 Å². The number of hydrogen-bond donors (Lipinski definition) is 1. The van der Waals surface area contributed by atoms with Crippen LogP contribution in [0.1, 0.15) is 53.9 Å². The number of carbonyl (C=O) groups is 1. The van der Waals surface area contributed by atoms with Gasteiger partial charge in [0.2, 0.25) is 5.91 Å². The lowest BCUT2D eigenvalue weighted by atomic mass is 9.78. The fraction of sp³-hybridized carbons (Fsp3) is 0.929. The average molecular weight is 243 g/mol. The Labute approximate surface area is 104 Å². The molecule has 1 rings (SSSR count). The molecule has 0 bridgehead atoms. The van der Waals surface area contributed by atoms with Crippen molar-refractivity contribution in [1.82, 2.24) is 5.32 Å². The molecule has 0 radical (unpaired) electrons. The molecule has 0 aromatic rings. The summed E-state index contributed by atoms with van der Waals surface area (Å²) in [6.45, 7) is 9.86. The van der Waals surface area contributed by atoms with E-state index in [-0.39, 0.29) is 11.9 Å². The topological polar surface area (TPSA) is 29.1 Å². The number of amides is 1. The first-order valence-electron chi connectivity index (χ1n) is 6.67. The summed E-state index contributed by atoms with van der Waals surface area (Å²) in [6, 6.07) is -0.281. The lowest BCUT2D eigenvalue weighted by Gasteiger charge is -2.35. The van der Waals surface area contributed by atoms with Crippen LogP contribution in [0, 0.1) is 17.3 Å². The minimum Gasteiger partial charge on any atom is -0.350 e. The molecule has 1 aliphatic carbocycles. The van der Waals surface area contributed by atoms with E-state index < -0.39 is 11.6 Å². The highest BCUT2D eigenvalue weighted by Crippen LogP contribution is 2.32. The summed E-state index contributed by atoms with van der Waals surface area (Å²) in [5.74, 6) is 0.952. The molecular weight excluding hydrogens is 217 g/mol. The van der Waals surface area contributed by atoms with Crippen molar-refractivity contribution in [2.45, 2.75) is 66.1 Å². The Hall–Kier alpha value is -0.600. The van der Waals surface area contributed by atoms with Crippen molar-refractivity contribution in [2.24, 2.45) is 17.3 Å². The van der Waals surface area contributed by atoms with E-state index in [1.807, 2.05) is 20.8 Å². The van der Waals surface area contributed by atoms with Crippen LogP contribution in [0.15, 0.2) is 0 Å². The van der Waals surface area contributed by atoms with Gasteiger partial charge in [-0.15, -0.1) is 0 Å². The second kappa shape index (κ2) is 5.36. The first kappa shape index (κ1) is 14.5. The van der Waals surface area contributed by atoms with Crippen LogP contribution in [0.3, 0.4) is 0 Å². The molecule has 3 atom stereocenters. The second-order valence-corrected chi connectivity index (χ2v) is 6.66. The maximum Gasteiger partial charge on any atom is 0.225 e. The van der Waals surface area contributed by atoms with Crippen molar-refractivity contribution in [2.75, 3.05) is 0 Å². The highest BCUT2D eigenvalue weighted by atomic mass is 19.1. The molecule has 1 N–H and O–H groups in total. The first-order valence-corrected chi connectivity index (χ1v) is 6.67. The Morgan fingerprint density at radius 3 is 2.29 bits per heavy atom. The normalized spacial score (nSPS) is 30.4. The van der Waals surface area contributed by atoms with Crippen molar-refractivity contribution >= 4 is 5.91 Å². The number of nitrogens with one attached hydrogen (secondary N) is 1. The van der Waals surface area contributed by atoms with Crippen molar-refractivity contribution in [1.29, 1.82) is 0 Å². The second-order valence-electron chi connectivity index (χ2n) is 6.66. The summed E-state index contributed by atoms with van der Waals surface area (Å²) >= 11 is 0. The summed E-state index contributed by atoms with van der Waals surface area (Å²) in [6.07, 6.45) is 1.49. The van der Waals surface area contributed by atoms with Crippen molar-refractivity contribution in [3.8, 4) is 0 Å². The molecule has 3 heteroatoms. The van der Waals surface area contributed by atoms with Gasteiger partial charge >= 0.3 is 0 Å². The van der Waals surface area contributed by atoms with E-state index in [0.29, 0.717) is 18.3 Å². The van der Waals surface area contributed by atoms with Gasteiger partial charge in [0.15, 0.2) is 0 Å². The molecule has 0 spiro atoms. The summed E-state index contributed by atoms with van der Waals surface area (Å²) < 4.78 is 14.0. The number of carbonyl (C=O) groups excluding carboxylic acids is 1. The number of hydrogen-bond acceptors (Lipinski definition) is 1. The third-order valence-corrected chi connectivity index (χ3v) is 3.75. The van der Waals surface area contributed by atoms with Crippen LogP contribution in [-0.2, 0) is 4.79 Å². The zero-order chi connectivity index (χ0) is 13.2. The Kier molecular flexibility index (Phi) is 4.56. The number of halogens is 1. The van der Waals surface area contributed by atoms with E-state index in [0.717, 1.165) is 12.8 Å². The largest absolute Gasteiger partial charge is 0.350 e. The van der Waals surface area contributed by atoms with Gasteiger partial charge in [0, 0.05) is 5.41 Å². The maximum absolute atomic E-state index is 14.0. The van der Waals surface area contributed by atoms with Crippen LogP contribution >= 0.6 is 0 Å². The predicted octanol–water partition coefficient (Wildman–Crippen LogP) is 3.31. The summed E-state index contributed by atoms with van der Waals surface area (Å²) in [5.41, 5.74) is -0.436. The quantitative estimate of drug-likeness (QED) is 0.792. The van der Waals surface area contributed by atoms with Crippen LogP contribution in [0.25, 0.3) is 0 Å². The first-order chi connectivity index (χ1) is 7.71. The van der Waals surface area contributed by atoms with E-state index in [1.54, 1.807) is 0 Å². The predicted molar refractivity (Wildman–Crippen MR) is 68.5 cm³/mol. The fourth-order valence-electron chi connectivity index (χ4n) is 2.30. The molecule has 0 saturated heterocycles. The van der Waals surface area contributed by atoms with Gasteiger partial charge in [-0.2, -0.15) is 0 Å². The SMILES string of the molecule is CC(C)[C@H]1CC[C@@H](NC(=O)C(C)(C)C)[C@H](F)C1. The van der Waals surface area contributed by atoms with Crippen LogP contribution < -0.4 is 5.32 Å². The lowest BCUT2D eigenvalue weighted by Crippen LogP contribution is -2.49. The zero-order valence-corrected chi connectivity index (χ0v) is 11.7. The number of alkyl halides is 1. The van der Waals surface area contributed by atoms with E-state index in [1.165, 1.54) is 0 Å². The monoisotopic (exact) mass is 243 g/mol. The van der Waals surface area contributed by atoms with Crippen molar-refractivity contribution in [3.63, 3.8) is 0 Å². The number of rotatable bonds is 2. The third-order valence-electron chi connectivity index (χ3n) is 3.75. The van der Waals surface area contributed by atoms with Crippen molar-refractivity contribution in [3.05, 3.63) is 0 Å². The van der Waals surface area contributed by atoms with Crippen LogP contribution in [0.2, 0.25) is 0 Å². The van der Waals surface area contributed by atoms with Gasteiger partial charge in [0.1, 0.15) is 6.17 Å². The van der Waals surface area contributed by atoms with Crippen molar-refractivity contribution < 1.29 is 9.18 Å². The lowest BCUT2D eigenvalue weighted by molar-refractivity contribution is -0.130. The third kappa shape index (κ3) is 3.97. The standard InChI is InChI=1S/C14H26FNO/c1-9(2)10-6-7-12(11(15)8-10)16-13(17)14(3,4)5/h9-12H,6-8H2,1-5H3,(H,16,17)/t10-,11+,12+/m0/s1. The maximum atomic E-state index is 14.0. The zero-order valence-electron chi connectivity index (χ0n) is 11.7. The molecule has 0 unspecified atom stereocenters. The molecule has 0 heterocycles. The van der Waals surface area contributed by atoms with Gasteiger partial charge in [-0.25, -0.2) is 4.39 Å². The molecule has 100 valence electrons. The molecule has 0 aromatic carbocycles. The molecule has 0 aromatic heterocycles. The van der Waals surface area contributed by atoms with Gasteiger partial charge in [0.25, 0.3) is 0 Å². The summed E-state index contributed by atoms with van der Waals surface area (Å²) in [4.78, 5) is 11.8. The van der Waals surface area contributed by atoms with Crippen LogP contribution in [0.5, 0.6) is 0 Å². The van der Waals surface area contributed by atoms with Gasteiger partial charge in [-0.1, -0.05) is 34.6 Å². The van der Waals surface area contributed by atoms with E-state index in [9.17, 15) is 9.18 Å². The molecule has 1 saturated carbocycles. The Balaban J connectivity index is 2.51. The van der Waals surface area contributed by atoms with E-state index >= 15 is 0 Å². The average Bonchev–Trinajstić information content (AvgIpc) is 2.19. The van der Waals surface area contributed by atoms with Gasteiger partial charge in [-0.3, -0.25) is 4.79 Å². The molecule has 0 aliphatic heterocycles. The molecule has 17 heavy (non-hydrogen) atoms. The van der Waals surface area contributed by atoms with Crippen LogP contribution in [-0.4, -0.2) is 18.1 Å². The highest BCUT2D eigenvalue weighted by Gasteiger charge is 2.34. The minimum absolute atomic E-state index is 0.0480. The molecule has 1 fully saturated rings. The molecular formula is C14H26FNO. The molecule has 1 amide bonds. The Bertz CT molecular complexity index is 270. The van der Waals surface area contributed by atoms with E-state index in [4.69, 9.17) is 0 Å². The smallest absolute Gasteiger partial charge is 0.225 e. The van der Waals surface area contributed by atoms with Gasteiger partial charge < -0.3 is 5.32 Å². The Morgan fingerprint density at radius 2 is 1.88 bits per heavy atom. The summed E-state index contributed by atoms with van der Waals surface area (Å²) in [7, 11) is 0. The molecule has 2 nitrogen and oxygen atoms in total. The summed E-state index contributed by atoms with van der Waals surface area (Å²) in [5, 5.41) is 2.85. The fourth-order valence-corrected chi connectivity index (χ4v) is 2.30. The van der Waals surface area contributed by atoms with Gasteiger partial charge in [0.05, 0.1) is 6.04 Å². The van der Waals surface area contributed by atoms with E-state index in [2.05, 4.69) is 19.2 Å². The highest BCUT2D eigenvalue weighted by molar-refractivity contribution is 5.81. The molecule has 1 aliphatic rings.